The van der Waals surface area contributed by atoms with E-state index < -0.39 is 17.7 Å². The number of unbranched alkanes of at least 4 members (excludes halogenated alkanes) is 1. The minimum absolute atomic E-state index is 0.284. The maximum absolute atomic E-state index is 14.3. The molecule has 0 aromatic heterocycles. The van der Waals surface area contributed by atoms with Crippen LogP contribution in [-0.4, -0.2) is 30.6 Å². The van der Waals surface area contributed by atoms with Crippen LogP contribution in [0.4, 0.5) is 8.78 Å². The fourth-order valence-corrected chi connectivity index (χ4v) is 2.69. The smallest absolute Gasteiger partial charge is 0.131 e. The molecule has 0 fully saturated rings. The van der Waals surface area contributed by atoms with Crippen molar-refractivity contribution in [3.8, 4) is 11.1 Å². The van der Waals surface area contributed by atoms with E-state index in [9.17, 15) is 13.9 Å². The van der Waals surface area contributed by atoms with Crippen molar-refractivity contribution in [2.75, 3.05) is 20.6 Å². The minimum Gasteiger partial charge on any atom is -0.388 e. The summed E-state index contributed by atoms with van der Waals surface area (Å²) in [6.45, 7) is 0.951. The van der Waals surface area contributed by atoms with Crippen molar-refractivity contribution >= 4 is 0 Å². The van der Waals surface area contributed by atoms with Crippen LogP contribution in [0.25, 0.3) is 11.1 Å². The number of aliphatic hydroxyl groups excluding tert-OH is 1. The van der Waals surface area contributed by atoms with Crippen LogP contribution >= 0.6 is 0 Å². The monoisotopic (exact) mass is 319 g/mol. The third kappa shape index (κ3) is 4.85. The van der Waals surface area contributed by atoms with Gasteiger partial charge >= 0.3 is 0 Å². The predicted octanol–water partition coefficient (Wildman–Crippen LogP) is 4.40. The van der Waals surface area contributed by atoms with Gasteiger partial charge in [-0.25, -0.2) is 8.78 Å². The topological polar surface area (TPSA) is 23.5 Å². The SMILES string of the molecule is CN(C)CCCCC(O)c1cccc(F)c1-c1cccc(F)c1. The normalized spacial score (nSPS) is 12.6. The molecule has 1 atom stereocenters. The molecule has 0 amide bonds. The molecule has 0 bridgehead atoms. The summed E-state index contributed by atoms with van der Waals surface area (Å²) in [5.41, 5.74) is 1.25. The quantitative estimate of drug-likeness (QED) is 0.765. The second-order valence-corrected chi connectivity index (χ2v) is 6.03. The molecule has 124 valence electrons. The summed E-state index contributed by atoms with van der Waals surface area (Å²) in [7, 11) is 4.01. The molecule has 1 N–H and O–H groups in total. The molecule has 0 spiro atoms. The van der Waals surface area contributed by atoms with E-state index in [0.717, 1.165) is 19.4 Å². The Bertz CT molecular complexity index is 643. The van der Waals surface area contributed by atoms with Gasteiger partial charge in [-0.15, -0.1) is 0 Å². The van der Waals surface area contributed by atoms with E-state index >= 15 is 0 Å². The van der Waals surface area contributed by atoms with E-state index in [1.807, 2.05) is 14.1 Å². The molecule has 23 heavy (non-hydrogen) atoms. The Hall–Kier alpha value is -1.78. The van der Waals surface area contributed by atoms with E-state index in [0.29, 0.717) is 17.5 Å². The van der Waals surface area contributed by atoms with Gasteiger partial charge in [-0.05, 0) is 69.2 Å². The summed E-state index contributed by atoms with van der Waals surface area (Å²) in [5.74, 6) is -0.863. The molecule has 0 radical (unpaired) electrons. The van der Waals surface area contributed by atoms with E-state index in [1.165, 1.54) is 18.2 Å². The molecule has 0 aliphatic carbocycles. The van der Waals surface area contributed by atoms with Crippen LogP contribution < -0.4 is 0 Å². The summed E-state index contributed by atoms with van der Waals surface area (Å²) >= 11 is 0. The number of hydrogen-bond donors (Lipinski definition) is 1. The van der Waals surface area contributed by atoms with Gasteiger partial charge in [0.2, 0.25) is 0 Å². The number of benzene rings is 2. The number of halogens is 2. The zero-order valence-electron chi connectivity index (χ0n) is 13.6. The summed E-state index contributed by atoms with van der Waals surface area (Å²) in [5, 5.41) is 10.4. The maximum Gasteiger partial charge on any atom is 0.131 e. The average Bonchev–Trinajstić information content (AvgIpc) is 2.51. The molecule has 2 aromatic carbocycles. The molecule has 4 heteroatoms. The highest BCUT2D eigenvalue weighted by molar-refractivity contribution is 5.68. The molecule has 0 saturated heterocycles. The zero-order valence-corrected chi connectivity index (χ0v) is 13.6. The lowest BCUT2D eigenvalue weighted by atomic mass is 9.93. The number of rotatable bonds is 7. The third-order valence-corrected chi connectivity index (χ3v) is 3.85. The van der Waals surface area contributed by atoms with Gasteiger partial charge in [-0.3, -0.25) is 0 Å². The van der Waals surface area contributed by atoms with Gasteiger partial charge in [0.1, 0.15) is 11.6 Å². The first-order valence-corrected chi connectivity index (χ1v) is 7.86. The van der Waals surface area contributed by atoms with E-state index in [1.54, 1.807) is 24.3 Å². The Morgan fingerprint density at radius 1 is 1.04 bits per heavy atom. The average molecular weight is 319 g/mol. The van der Waals surface area contributed by atoms with Crippen molar-refractivity contribution in [2.45, 2.75) is 25.4 Å². The zero-order chi connectivity index (χ0) is 16.8. The van der Waals surface area contributed by atoms with Crippen molar-refractivity contribution in [1.82, 2.24) is 4.90 Å². The highest BCUT2D eigenvalue weighted by Crippen LogP contribution is 2.33. The van der Waals surface area contributed by atoms with Crippen LogP contribution in [0.5, 0.6) is 0 Å². The van der Waals surface area contributed by atoms with Gasteiger partial charge in [-0.2, -0.15) is 0 Å². The molecular formula is C19H23F2NO. The van der Waals surface area contributed by atoms with Gasteiger partial charge in [0.05, 0.1) is 6.10 Å². The Balaban J connectivity index is 2.20. The number of aliphatic hydroxyl groups is 1. The summed E-state index contributed by atoms with van der Waals surface area (Å²) in [4.78, 5) is 2.09. The highest BCUT2D eigenvalue weighted by Gasteiger charge is 2.17. The van der Waals surface area contributed by atoms with Crippen molar-refractivity contribution in [3.05, 3.63) is 59.7 Å². The van der Waals surface area contributed by atoms with Crippen LogP contribution in [-0.2, 0) is 0 Å². The second kappa shape index (κ2) is 8.18. The standard InChI is InChI=1S/C19H23F2NO/c1-22(2)12-4-3-11-18(23)16-9-6-10-17(21)19(16)14-7-5-8-15(20)13-14/h5-10,13,18,23H,3-4,11-12H2,1-2H3. The van der Waals surface area contributed by atoms with Gasteiger partial charge in [0.25, 0.3) is 0 Å². The molecular weight excluding hydrogens is 296 g/mol. The molecule has 2 nitrogen and oxygen atoms in total. The fraction of sp³-hybridized carbons (Fsp3) is 0.368. The molecule has 0 heterocycles. The molecule has 2 aromatic rings. The first-order chi connectivity index (χ1) is 11.0. The molecule has 0 saturated carbocycles. The fourth-order valence-electron chi connectivity index (χ4n) is 2.69. The van der Waals surface area contributed by atoms with Gasteiger partial charge < -0.3 is 10.0 Å². The Morgan fingerprint density at radius 2 is 1.78 bits per heavy atom. The summed E-state index contributed by atoms with van der Waals surface area (Å²) in [6.07, 6.45) is 1.61. The largest absolute Gasteiger partial charge is 0.388 e. The Morgan fingerprint density at radius 3 is 2.48 bits per heavy atom. The Labute approximate surface area is 136 Å². The lowest BCUT2D eigenvalue weighted by molar-refractivity contribution is 0.162. The first kappa shape index (κ1) is 17.6. The summed E-state index contributed by atoms with van der Waals surface area (Å²) in [6, 6.07) is 10.4. The van der Waals surface area contributed by atoms with Crippen LogP contribution in [0.3, 0.4) is 0 Å². The minimum atomic E-state index is -0.758. The summed E-state index contributed by atoms with van der Waals surface area (Å²) < 4.78 is 27.7. The second-order valence-electron chi connectivity index (χ2n) is 6.03. The maximum atomic E-state index is 14.3. The molecule has 1 unspecified atom stereocenters. The van der Waals surface area contributed by atoms with Crippen LogP contribution in [0.1, 0.15) is 30.9 Å². The van der Waals surface area contributed by atoms with E-state index in [2.05, 4.69) is 4.90 Å². The van der Waals surface area contributed by atoms with Gasteiger partial charge in [0.15, 0.2) is 0 Å². The number of hydrogen-bond acceptors (Lipinski definition) is 2. The van der Waals surface area contributed by atoms with Crippen molar-refractivity contribution < 1.29 is 13.9 Å². The van der Waals surface area contributed by atoms with Crippen molar-refractivity contribution in [2.24, 2.45) is 0 Å². The van der Waals surface area contributed by atoms with Crippen LogP contribution in [0, 0.1) is 11.6 Å². The highest BCUT2D eigenvalue weighted by atomic mass is 19.1. The van der Waals surface area contributed by atoms with Crippen molar-refractivity contribution in [3.63, 3.8) is 0 Å². The first-order valence-electron chi connectivity index (χ1n) is 7.86. The van der Waals surface area contributed by atoms with Gasteiger partial charge in [0, 0.05) is 5.56 Å². The molecule has 2 rings (SSSR count). The Kier molecular flexibility index (Phi) is 6.25. The van der Waals surface area contributed by atoms with Crippen LogP contribution in [0.15, 0.2) is 42.5 Å². The lowest BCUT2D eigenvalue weighted by Gasteiger charge is -2.17. The predicted molar refractivity (Wildman–Crippen MR) is 89.2 cm³/mol. The van der Waals surface area contributed by atoms with Crippen molar-refractivity contribution in [1.29, 1.82) is 0 Å². The third-order valence-electron chi connectivity index (χ3n) is 3.85. The van der Waals surface area contributed by atoms with E-state index in [4.69, 9.17) is 0 Å². The number of nitrogens with zero attached hydrogens (tertiary/aromatic N) is 1. The van der Waals surface area contributed by atoms with Crippen LogP contribution in [0.2, 0.25) is 0 Å². The van der Waals surface area contributed by atoms with Gasteiger partial charge in [-0.1, -0.05) is 24.3 Å². The van der Waals surface area contributed by atoms with E-state index in [-0.39, 0.29) is 5.56 Å². The lowest BCUT2D eigenvalue weighted by Crippen LogP contribution is -2.13. The molecule has 0 aliphatic rings. The molecule has 0 aliphatic heterocycles.